The van der Waals surface area contributed by atoms with Crippen molar-refractivity contribution < 1.29 is 9.59 Å². The average Bonchev–Trinajstić information content (AvgIpc) is 2.80. The minimum Gasteiger partial charge on any atom is -0.340 e. The number of anilines is 1. The minimum absolute atomic E-state index is 0.0224. The molecule has 0 aliphatic carbocycles. The highest BCUT2D eigenvalue weighted by Crippen LogP contribution is 2.23. The topological polar surface area (TPSA) is 52.7 Å². The van der Waals surface area contributed by atoms with Gasteiger partial charge in [0, 0.05) is 50.2 Å². The van der Waals surface area contributed by atoms with Gasteiger partial charge in [0.25, 0.3) is 0 Å². The van der Waals surface area contributed by atoms with Crippen LogP contribution in [0.5, 0.6) is 0 Å². The molecule has 0 aromatic heterocycles. The van der Waals surface area contributed by atoms with E-state index >= 15 is 0 Å². The number of nitrogens with zero attached hydrogens (tertiary/aromatic N) is 2. The van der Waals surface area contributed by atoms with Crippen molar-refractivity contribution in [2.75, 3.05) is 38.0 Å². The Balaban J connectivity index is 1.22. The first-order valence-corrected chi connectivity index (χ1v) is 10.9. The zero-order valence-electron chi connectivity index (χ0n) is 18.0. The standard InChI is InChI=1S/C26H29N3O2/c1-20-9-11-21(12-10-20)19-26(31)29-17-15-28(16-18-29)14-13-25(30)27-24-8-4-6-22-5-2-3-7-23(22)24/h2-12H,13-19H2,1H3,(H,27,30). The van der Waals surface area contributed by atoms with E-state index in [4.69, 9.17) is 0 Å². The van der Waals surface area contributed by atoms with Gasteiger partial charge < -0.3 is 10.2 Å². The maximum absolute atomic E-state index is 12.6. The molecule has 1 aliphatic rings. The van der Waals surface area contributed by atoms with Crippen LogP contribution in [-0.4, -0.2) is 54.3 Å². The maximum Gasteiger partial charge on any atom is 0.227 e. The molecule has 1 heterocycles. The Morgan fingerprint density at radius 2 is 1.58 bits per heavy atom. The first kappa shape index (κ1) is 21.1. The van der Waals surface area contributed by atoms with Crippen molar-refractivity contribution in [3.05, 3.63) is 77.9 Å². The minimum atomic E-state index is 0.0224. The summed E-state index contributed by atoms with van der Waals surface area (Å²) >= 11 is 0. The van der Waals surface area contributed by atoms with Gasteiger partial charge in [0.15, 0.2) is 0 Å². The molecule has 5 nitrogen and oxygen atoms in total. The Hall–Kier alpha value is -3.18. The molecule has 1 fully saturated rings. The third-order valence-corrected chi connectivity index (χ3v) is 5.92. The molecule has 0 saturated carbocycles. The maximum atomic E-state index is 12.6. The van der Waals surface area contributed by atoms with Crippen LogP contribution in [0.3, 0.4) is 0 Å². The van der Waals surface area contributed by atoms with Crippen molar-refractivity contribution >= 4 is 28.3 Å². The molecule has 1 N–H and O–H groups in total. The largest absolute Gasteiger partial charge is 0.340 e. The van der Waals surface area contributed by atoms with Crippen LogP contribution in [0.1, 0.15) is 17.5 Å². The molecule has 0 radical (unpaired) electrons. The van der Waals surface area contributed by atoms with Gasteiger partial charge in [-0.15, -0.1) is 0 Å². The Labute approximate surface area is 183 Å². The second kappa shape index (κ2) is 9.75. The first-order chi connectivity index (χ1) is 15.1. The molecule has 31 heavy (non-hydrogen) atoms. The van der Waals surface area contributed by atoms with Gasteiger partial charge in [-0.1, -0.05) is 66.2 Å². The third kappa shape index (κ3) is 5.50. The first-order valence-electron chi connectivity index (χ1n) is 10.9. The van der Waals surface area contributed by atoms with Gasteiger partial charge in [0.2, 0.25) is 11.8 Å². The van der Waals surface area contributed by atoms with E-state index in [-0.39, 0.29) is 11.8 Å². The molecular formula is C26H29N3O2. The number of hydrogen-bond acceptors (Lipinski definition) is 3. The summed E-state index contributed by atoms with van der Waals surface area (Å²) in [5.41, 5.74) is 3.12. The lowest BCUT2D eigenvalue weighted by Gasteiger charge is -2.34. The molecule has 5 heteroatoms. The number of benzene rings is 3. The lowest BCUT2D eigenvalue weighted by molar-refractivity contribution is -0.132. The highest BCUT2D eigenvalue weighted by molar-refractivity contribution is 6.02. The summed E-state index contributed by atoms with van der Waals surface area (Å²) in [6.45, 7) is 5.80. The fourth-order valence-electron chi connectivity index (χ4n) is 4.02. The van der Waals surface area contributed by atoms with Crippen molar-refractivity contribution in [1.82, 2.24) is 9.80 Å². The molecule has 4 rings (SSSR count). The van der Waals surface area contributed by atoms with E-state index in [2.05, 4.69) is 10.2 Å². The van der Waals surface area contributed by atoms with Gasteiger partial charge in [-0.3, -0.25) is 14.5 Å². The molecule has 3 aromatic carbocycles. The second-order valence-corrected chi connectivity index (χ2v) is 8.21. The van der Waals surface area contributed by atoms with Crippen LogP contribution in [0.15, 0.2) is 66.7 Å². The van der Waals surface area contributed by atoms with Crippen LogP contribution in [-0.2, 0) is 16.0 Å². The average molecular weight is 416 g/mol. The highest BCUT2D eigenvalue weighted by atomic mass is 16.2. The molecule has 160 valence electrons. The number of fused-ring (bicyclic) bond motifs is 1. The van der Waals surface area contributed by atoms with Crippen molar-refractivity contribution in [3.8, 4) is 0 Å². The van der Waals surface area contributed by atoms with Crippen molar-refractivity contribution in [3.63, 3.8) is 0 Å². The number of amides is 2. The lowest BCUT2D eigenvalue weighted by atomic mass is 10.1. The van der Waals surface area contributed by atoms with Crippen molar-refractivity contribution in [2.45, 2.75) is 19.8 Å². The summed E-state index contributed by atoms with van der Waals surface area (Å²) in [6.07, 6.45) is 0.897. The number of rotatable bonds is 6. The second-order valence-electron chi connectivity index (χ2n) is 8.21. The molecule has 3 aromatic rings. The quantitative estimate of drug-likeness (QED) is 0.665. The lowest BCUT2D eigenvalue weighted by Crippen LogP contribution is -2.49. The van der Waals surface area contributed by atoms with Crippen LogP contribution in [0.4, 0.5) is 5.69 Å². The highest BCUT2D eigenvalue weighted by Gasteiger charge is 2.21. The Morgan fingerprint density at radius 3 is 2.35 bits per heavy atom. The molecule has 0 atom stereocenters. The predicted molar refractivity (Wildman–Crippen MR) is 125 cm³/mol. The number of carbonyl (C=O) groups excluding carboxylic acids is 2. The summed E-state index contributed by atoms with van der Waals surface area (Å²) in [7, 11) is 0. The molecular weight excluding hydrogens is 386 g/mol. The number of carbonyl (C=O) groups is 2. The Bertz CT molecular complexity index is 1050. The van der Waals surface area contributed by atoms with Crippen LogP contribution < -0.4 is 5.32 Å². The Morgan fingerprint density at radius 1 is 0.871 bits per heavy atom. The molecule has 2 amide bonds. The normalized spacial score (nSPS) is 14.5. The van der Waals surface area contributed by atoms with Gasteiger partial charge >= 0.3 is 0 Å². The van der Waals surface area contributed by atoms with Gasteiger partial charge in [-0.2, -0.15) is 0 Å². The van der Waals surface area contributed by atoms with Crippen molar-refractivity contribution in [2.24, 2.45) is 0 Å². The van der Waals surface area contributed by atoms with Gasteiger partial charge in [-0.25, -0.2) is 0 Å². The van der Waals surface area contributed by atoms with Crippen LogP contribution in [0, 0.1) is 6.92 Å². The Kier molecular flexibility index (Phi) is 6.63. The fraction of sp³-hybridized carbons (Fsp3) is 0.308. The van der Waals surface area contributed by atoms with Gasteiger partial charge in [0.1, 0.15) is 0 Å². The predicted octanol–water partition coefficient (Wildman–Crippen LogP) is 3.86. The molecule has 0 unspecified atom stereocenters. The number of nitrogens with one attached hydrogen (secondary N) is 1. The van der Waals surface area contributed by atoms with Gasteiger partial charge in [-0.05, 0) is 23.9 Å². The summed E-state index contributed by atoms with van der Waals surface area (Å²) in [6, 6.07) is 22.1. The number of aryl methyl sites for hydroxylation is 1. The number of piperazine rings is 1. The van der Waals surface area contributed by atoms with Crippen LogP contribution in [0.2, 0.25) is 0 Å². The molecule has 0 bridgehead atoms. The smallest absolute Gasteiger partial charge is 0.227 e. The monoisotopic (exact) mass is 415 g/mol. The number of hydrogen-bond donors (Lipinski definition) is 1. The van der Waals surface area contributed by atoms with Crippen LogP contribution >= 0.6 is 0 Å². The third-order valence-electron chi connectivity index (χ3n) is 5.92. The van der Waals surface area contributed by atoms with E-state index in [1.54, 1.807) is 0 Å². The zero-order valence-corrected chi connectivity index (χ0v) is 18.0. The van der Waals surface area contributed by atoms with Crippen molar-refractivity contribution in [1.29, 1.82) is 0 Å². The summed E-state index contributed by atoms with van der Waals surface area (Å²) in [4.78, 5) is 29.3. The van der Waals surface area contributed by atoms with E-state index < -0.39 is 0 Å². The molecule has 0 spiro atoms. The van der Waals surface area contributed by atoms with E-state index in [9.17, 15) is 9.59 Å². The van der Waals surface area contributed by atoms with Crippen LogP contribution in [0.25, 0.3) is 10.8 Å². The molecule has 1 saturated heterocycles. The SMILES string of the molecule is Cc1ccc(CC(=O)N2CCN(CCC(=O)Nc3cccc4ccccc34)CC2)cc1. The summed E-state index contributed by atoms with van der Waals surface area (Å²) < 4.78 is 0. The fourth-order valence-corrected chi connectivity index (χ4v) is 4.02. The van der Waals surface area contributed by atoms with E-state index in [0.29, 0.717) is 19.4 Å². The molecule has 1 aliphatic heterocycles. The summed E-state index contributed by atoms with van der Waals surface area (Å²) in [5.74, 6) is 0.200. The van der Waals surface area contributed by atoms with E-state index in [0.717, 1.165) is 48.2 Å². The van der Waals surface area contributed by atoms with E-state index in [1.807, 2.05) is 78.6 Å². The summed E-state index contributed by atoms with van der Waals surface area (Å²) in [5, 5.41) is 5.22. The van der Waals surface area contributed by atoms with Gasteiger partial charge in [0.05, 0.1) is 6.42 Å². The zero-order chi connectivity index (χ0) is 21.6. The van der Waals surface area contributed by atoms with E-state index in [1.165, 1.54) is 5.56 Å².